The van der Waals surface area contributed by atoms with Crippen LogP contribution in [0, 0.1) is 0 Å². The van der Waals surface area contributed by atoms with Crippen LogP contribution in [0.2, 0.25) is 0 Å². The minimum absolute atomic E-state index is 0.134. The van der Waals surface area contributed by atoms with Gasteiger partial charge in [-0.05, 0) is 141 Å². The second-order valence-electron chi connectivity index (χ2n) is 20.9. The molecule has 81 heavy (non-hydrogen) atoms. The lowest BCUT2D eigenvalue weighted by molar-refractivity contribution is -0.167. The largest absolute Gasteiger partial charge is 0.462 e. The van der Waals surface area contributed by atoms with E-state index >= 15 is 0 Å². The molecule has 0 radical (unpaired) electrons. The first kappa shape index (κ1) is 75.8. The number of allylic oxidation sites excluding steroid dienone is 28. The van der Waals surface area contributed by atoms with Gasteiger partial charge < -0.3 is 14.2 Å². The highest BCUT2D eigenvalue weighted by atomic mass is 16.6. The molecule has 6 nitrogen and oxygen atoms in total. The molecule has 1 atom stereocenters. The van der Waals surface area contributed by atoms with Crippen molar-refractivity contribution in [2.75, 3.05) is 13.2 Å². The molecule has 0 rings (SSSR count). The van der Waals surface area contributed by atoms with E-state index in [0.717, 1.165) is 116 Å². The second kappa shape index (κ2) is 67.3. The molecular formula is C75H118O6. The highest BCUT2D eigenvalue weighted by Gasteiger charge is 2.19. The Hall–Kier alpha value is -5.23. The number of rotatable bonds is 57. The van der Waals surface area contributed by atoms with E-state index < -0.39 is 6.10 Å². The minimum atomic E-state index is -0.837. The summed E-state index contributed by atoms with van der Waals surface area (Å²) in [5.74, 6) is -1.05. The van der Waals surface area contributed by atoms with Gasteiger partial charge in [0.1, 0.15) is 13.2 Å². The van der Waals surface area contributed by atoms with Crippen molar-refractivity contribution in [1.82, 2.24) is 0 Å². The van der Waals surface area contributed by atoms with E-state index in [-0.39, 0.29) is 44.0 Å². The maximum Gasteiger partial charge on any atom is 0.306 e. The molecule has 0 spiro atoms. The Morgan fingerprint density at radius 2 is 0.494 bits per heavy atom. The van der Waals surface area contributed by atoms with Crippen molar-refractivity contribution in [3.05, 3.63) is 170 Å². The normalized spacial score (nSPS) is 13.3. The Kier molecular flexibility index (Phi) is 62.9. The predicted octanol–water partition coefficient (Wildman–Crippen LogP) is 22.7. The van der Waals surface area contributed by atoms with Crippen molar-refractivity contribution >= 4 is 17.9 Å². The third-order valence-corrected chi connectivity index (χ3v) is 13.2. The molecule has 0 aliphatic rings. The van der Waals surface area contributed by atoms with Gasteiger partial charge >= 0.3 is 17.9 Å². The van der Waals surface area contributed by atoms with Crippen LogP contribution in [0.25, 0.3) is 0 Å². The lowest BCUT2D eigenvalue weighted by atomic mass is 10.0. The summed E-state index contributed by atoms with van der Waals surface area (Å²) in [5, 5.41) is 0. The standard InChI is InChI=1S/C75H118O6/c1-4-7-10-13-16-19-22-25-28-31-33-35-37-39-41-44-47-50-53-56-59-62-65-68-74(77)80-71-72(70-79-73(76)67-64-61-58-55-52-49-46-43-30-27-24-21-18-15-12-9-6-3)81-75(78)69-66-63-60-57-54-51-48-45-42-40-38-36-34-32-29-26-23-20-17-14-11-8-5-2/h7,9-10,12,16,18-19,21,23,25-28,30,32-35,39,41,46-47,49-50,55-56,58-59,72H,4-6,8,11,13-15,17,20,22,24,29,31,36-38,40,42-45,48,51-54,57,60-71H2,1-3H3/b10-7-,12-9-,19-16-,21-18-,26-23-,28-25-,30-27-,34-32-,35-33-,41-39-,49-46-,50-47-,58-55-,59-56-. The first-order valence-corrected chi connectivity index (χ1v) is 32.6. The maximum absolute atomic E-state index is 12.9. The molecule has 0 heterocycles. The number of hydrogen-bond donors (Lipinski definition) is 0. The van der Waals surface area contributed by atoms with Crippen molar-refractivity contribution in [1.29, 1.82) is 0 Å². The van der Waals surface area contributed by atoms with Gasteiger partial charge in [-0.1, -0.05) is 274 Å². The van der Waals surface area contributed by atoms with Gasteiger partial charge in [-0.3, -0.25) is 14.4 Å². The van der Waals surface area contributed by atoms with E-state index in [1.807, 2.05) is 0 Å². The number of carbonyl (C=O) groups is 3. The van der Waals surface area contributed by atoms with E-state index in [0.29, 0.717) is 19.3 Å². The van der Waals surface area contributed by atoms with Crippen molar-refractivity contribution in [3.8, 4) is 0 Å². The lowest BCUT2D eigenvalue weighted by Crippen LogP contribution is -2.30. The van der Waals surface area contributed by atoms with Gasteiger partial charge in [0.15, 0.2) is 6.10 Å². The van der Waals surface area contributed by atoms with Gasteiger partial charge in [0, 0.05) is 19.3 Å². The average Bonchev–Trinajstić information content (AvgIpc) is 3.47. The molecule has 0 saturated carbocycles. The van der Waals surface area contributed by atoms with Crippen LogP contribution in [-0.2, 0) is 28.6 Å². The van der Waals surface area contributed by atoms with E-state index in [1.54, 1.807) is 0 Å². The zero-order chi connectivity index (χ0) is 58.5. The van der Waals surface area contributed by atoms with Crippen LogP contribution in [0.3, 0.4) is 0 Å². The van der Waals surface area contributed by atoms with Gasteiger partial charge in [0.2, 0.25) is 0 Å². The molecule has 0 aromatic heterocycles. The molecule has 0 amide bonds. The molecule has 0 aliphatic heterocycles. The van der Waals surface area contributed by atoms with Gasteiger partial charge in [-0.25, -0.2) is 0 Å². The van der Waals surface area contributed by atoms with Gasteiger partial charge in [0.25, 0.3) is 0 Å². The number of carbonyl (C=O) groups excluding carboxylic acids is 3. The highest BCUT2D eigenvalue weighted by molar-refractivity contribution is 5.71. The highest BCUT2D eigenvalue weighted by Crippen LogP contribution is 2.15. The number of ether oxygens (including phenoxy) is 3. The smallest absolute Gasteiger partial charge is 0.306 e. The van der Waals surface area contributed by atoms with Crippen molar-refractivity contribution in [2.45, 2.75) is 271 Å². The fourth-order valence-corrected chi connectivity index (χ4v) is 8.38. The average molecular weight is 1120 g/mol. The molecule has 0 saturated heterocycles. The Balaban J connectivity index is 4.57. The van der Waals surface area contributed by atoms with E-state index in [1.165, 1.54) is 96.3 Å². The molecule has 6 heteroatoms. The first-order valence-electron chi connectivity index (χ1n) is 32.6. The zero-order valence-corrected chi connectivity index (χ0v) is 52.0. The molecule has 0 aromatic rings. The van der Waals surface area contributed by atoms with Crippen LogP contribution >= 0.6 is 0 Å². The Labute approximate surface area is 498 Å². The van der Waals surface area contributed by atoms with Gasteiger partial charge in [-0.2, -0.15) is 0 Å². The summed E-state index contributed by atoms with van der Waals surface area (Å²) in [6, 6.07) is 0. The van der Waals surface area contributed by atoms with Crippen LogP contribution in [0.15, 0.2) is 170 Å². The molecule has 0 aromatic carbocycles. The summed E-state index contributed by atoms with van der Waals surface area (Å²) in [6.07, 6.45) is 99.4. The fraction of sp³-hybridized carbons (Fsp3) is 0.587. The van der Waals surface area contributed by atoms with E-state index in [2.05, 4.69) is 191 Å². The SMILES string of the molecule is CC/C=C\C/C=C\C/C=C\C/C=C\C/C=C\C/C=C\C/C=C\CCCC(=O)OCC(COC(=O)CCC/C=C\C/C=C\C/C=C\C/C=C\C/C=C\CC)OC(=O)CCCCCCCCCCCCC/C=C\C/C=C\CCCCCCC. The predicted molar refractivity (Wildman–Crippen MR) is 352 cm³/mol. The topological polar surface area (TPSA) is 78.9 Å². The summed E-state index contributed by atoms with van der Waals surface area (Å²) in [5.41, 5.74) is 0. The van der Waals surface area contributed by atoms with Crippen molar-refractivity contribution in [2.24, 2.45) is 0 Å². The molecule has 1 unspecified atom stereocenters. The van der Waals surface area contributed by atoms with Crippen LogP contribution in [0.5, 0.6) is 0 Å². The Morgan fingerprint density at radius 1 is 0.259 bits per heavy atom. The molecule has 0 aliphatic carbocycles. The molecule has 0 fully saturated rings. The summed E-state index contributed by atoms with van der Waals surface area (Å²) in [4.78, 5) is 38.3. The molecule has 454 valence electrons. The summed E-state index contributed by atoms with van der Waals surface area (Å²) < 4.78 is 16.8. The van der Waals surface area contributed by atoms with Crippen LogP contribution in [0.1, 0.15) is 265 Å². The third-order valence-electron chi connectivity index (χ3n) is 13.2. The minimum Gasteiger partial charge on any atom is -0.462 e. The van der Waals surface area contributed by atoms with E-state index in [9.17, 15) is 14.4 Å². The first-order chi connectivity index (χ1) is 40.0. The molecule has 0 bridgehead atoms. The van der Waals surface area contributed by atoms with Crippen LogP contribution < -0.4 is 0 Å². The monoisotopic (exact) mass is 1110 g/mol. The number of hydrogen-bond acceptors (Lipinski definition) is 6. The number of unbranched alkanes of at least 4 members (excludes halogenated alkanes) is 18. The quantitative estimate of drug-likeness (QED) is 0.0261. The van der Waals surface area contributed by atoms with Crippen molar-refractivity contribution in [3.63, 3.8) is 0 Å². The van der Waals surface area contributed by atoms with Crippen LogP contribution in [0.4, 0.5) is 0 Å². The van der Waals surface area contributed by atoms with Gasteiger partial charge in [-0.15, -0.1) is 0 Å². The van der Waals surface area contributed by atoms with E-state index in [4.69, 9.17) is 14.2 Å². The summed E-state index contributed by atoms with van der Waals surface area (Å²) in [7, 11) is 0. The Morgan fingerprint density at radius 3 is 0.790 bits per heavy atom. The molecule has 0 N–H and O–H groups in total. The summed E-state index contributed by atoms with van der Waals surface area (Å²) in [6.45, 7) is 6.30. The van der Waals surface area contributed by atoms with Crippen LogP contribution in [-0.4, -0.2) is 37.2 Å². The van der Waals surface area contributed by atoms with Crippen molar-refractivity contribution < 1.29 is 28.6 Å². The Bertz CT molecular complexity index is 1860. The number of esters is 3. The fourth-order valence-electron chi connectivity index (χ4n) is 8.38. The maximum atomic E-state index is 12.9. The zero-order valence-electron chi connectivity index (χ0n) is 52.0. The molecular weight excluding hydrogens is 997 g/mol. The second-order valence-corrected chi connectivity index (χ2v) is 20.9. The lowest BCUT2D eigenvalue weighted by Gasteiger charge is -2.18. The third kappa shape index (κ3) is 65.5. The summed E-state index contributed by atoms with van der Waals surface area (Å²) >= 11 is 0. The van der Waals surface area contributed by atoms with Gasteiger partial charge in [0.05, 0.1) is 0 Å².